The second-order valence-corrected chi connectivity index (χ2v) is 8.34. The summed E-state index contributed by atoms with van der Waals surface area (Å²) in [6, 6.07) is 3.32. The normalized spacial score (nSPS) is 12.7. The standard InChI is InChI=1S/C14H11Br2F3N4S/c1-6(2)5-24-12-11-21-22-13(14(17,18)19)23(11)9-4-7(15)3-8(16)10(9)20-12/h3-4,6H,5H2,1-2H3. The van der Waals surface area contributed by atoms with Crippen LogP contribution in [0, 0.1) is 5.92 Å². The zero-order valence-corrected chi connectivity index (χ0v) is 16.5. The van der Waals surface area contributed by atoms with Gasteiger partial charge in [0, 0.05) is 14.7 Å². The van der Waals surface area contributed by atoms with Gasteiger partial charge in [-0.2, -0.15) is 13.2 Å². The minimum absolute atomic E-state index is 0.116. The van der Waals surface area contributed by atoms with Crippen LogP contribution in [-0.4, -0.2) is 25.3 Å². The first-order chi connectivity index (χ1) is 11.2. The summed E-state index contributed by atoms with van der Waals surface area (Å²) in [7, 11) is 0. The van der Waals surface area contributed by atoms with E-state index >= 15 is 0 Å². The van der Waals surface area contributed by atoms with E-state index in [1.54, 1.807) is 12.1 Å². The van der Waals surface area contributed by atoms with Crippen LogP contribution in [0.3, 0.4) is 0 Å². The van der Waals surface area contributed by atoms with Gasteiger partial charge in [0.05, 0.1) is 5.52 Å². The molecule has 0 aliphatic rings. The Morgan fingerprint density at radius 2 is 1.92 bits per heavy atom. The summed E-state index contributed by atoms with van der Waals surface area (Å²) in [5.74, 6) is 0.0310. The lowest BCUT2D eigenvalue weighted by molar-refractivity contribution is -0.145. The maximum atomic E-state index is 13.4. The predicted molar refractivity (Wildman–Crippen MR) is 94.3 cm³/mol. The molecular formula is C14H11Br2F3N4S. The smallest absolute Gasteiger partial charge is 0.267 e. The van der Waals surface area contributed by atoms with Crippen molar-refractivity contribution in [3.63, 3.8) is 0 Å². The van der Waals surface area contributed by atoms with Crippen LogP contribution >= 0.6 is 43.6 Å². The van der Waals surface area contributed by atoms with Gasteiger partial charge in [-0.3, -0.25) is 4.40 Å². The molecule has 2 aromatic heterocycles. The number of hydrogen-bond acceptors (Lipinski definition) is 4. The SMILES string of the molecule is CC(C)CSc1nc2c(Br)cc(Br)cc2n2c(C(F)(F)F)nnc12. The summed E-state index contributed by atoms with van der Waals surface area (Å²) in [6.45, 7) is 4.06. The van der Waals surface area contributed by atoms with Crippen molar-refractivity contribution in [2.45, 2.75) is 25.0 Å². The van der Waals surface area contributed by atoms with Crippen molar-refractivity contribution in [2.75, 3.05) is 5.75 Å². The molecule has 3 rings (SSSR count). The number of fused-ring (bicyclic) bond motifs is 3. The molecule has 4 nitrogen and oxygen atoms in total. The van der Waals surface area contributed by atoms with Gasteiger partial charge in [0.15, 0.2) is 5.65 Å². The van der Waals surface area contributed by atoms with Crippen molar-refractivity contribution >= 4 is 60.3 Å². The quantitative estimate of drug-likeness (QED) is 0.457. The zero-order chi connectivity index (χ0) is 17.6. The zero-order valence-electron chi connectivity index (χ0n) is 12.5. The lowest BCUT2D eigenvalue weighted by atomic mass is 10.3. The number of benzene rings is 1. The monoisotopic (exact) mass is 482 g/mol. The molecule has 0 fully saturated rings. The molecule has 0 saturated carbocycles. The van der Waals surface area contributed by atoms with Gasteiger partial charge in [-0.05, 0) is 34.0 Å². The molecule has 0 amide bonds. The highest BCUT2D eigenvalue weighted by atomic mass is 79.9. The van der Waals surface area contributed by atoms with Crippen LogP contribution < -0.4 is 0 Å². The summed E-state index contributed by atoms with van der Waals surface area (Å²) >= 11 is 8.05. The Morgan fingerprint density at radius 3 is 2.54 bits per heavy atom. The van der Waals surface area contributed by atoms with Crippen LogP contribution in [-0.2, 0) is 6.18 Å². The molecule has 0 radical (unpaired) electrons. The van der Waals surface area contributed by atoms with Crippen LogP contribution in [0.5, 0.6) is 0 Å². The maximum Gasteiger partial charge on any atom is 0.452 e. The van der Waals surface area contributed by atoms with E-state index in [1.165, 1.54) is 11.8 Å². The molecule has 128 valence electrons. The van der Waals surface area contributed by atoms with Crippen LogP contribution in [0.25, 0.3) is 16.7 Å². The summed E-state index contributed by atoms with van der Waals surface area (Å²) < 4.78 is 42.3. The third-order valence-corrected chi connectivity index (χ3v) is 5.57. The average Bonchev–Trinajstić information content (AvgIpc) is 2.90. The van der Waals surface area contributed by atoms with E-state index in [0.29, 0.717) is 25.4 Å². The fourth-order valence-corrected chi connectivity index (χ4v) is 4.36. The minimum Gasteiger partial charge on any atom is -0.267 e. The Labute approximate surface area is 156 Å². The number of hydrogen-bond donors (Lipinski definition) is 0. The van der Waals surface area contributed by atoms with E-state index in [1.807, 2.05) is 13.8 Å². The number of nitrogens with zero attached hydrogens (tertiary/aromatic N) is 4. The molecule has 1 aromatic carbocycles. The van der Waals surface area contributed by atoms with Gasteiger partial charge in [-0.15, -0.1) is 22.0 Å². The number of alkyl halides is 3. The van der Waals surface area contributed by atoms with Crippen molar-refractivity contribution in [1.29, 1.82) is 0 Å². The number of rotatable bonds is 3. The molecule has 0 N–H and O–H groups in total. The first kappa shape index (κ1) is 17.9. The average molecular weight is 484 g/mol. The second kappa shape index (κ2) is 6.45. The maximum absolute atomic E-state index is 13.4. The van der Waals surface area contributed by atoms with Crippen molar-refractivity contribution in [3.05, 3.63) is 26.9 Å². The molecule has 0 aliphatic carbocycles. The summed E-state index contributed by atoms with van der Waals surface area (Å²) in [4.78, 5) is 4.52. The molecule has 0 aliphatic heterocycles. The van der Waals surface area contributed by atoms with Crippen molar-refractivity contribution in [3.8, 4) is 0 Å². The molecule has 2 heterocycles. The molecular weight excluding hydrogens is 473 g/mol. The highest BCUT2D eigenvalue weighted by molar-refractivity contribution is 9.11. The topological polar surface area (TPSA) is 43.1 Å². The largest absolute Gasteiger partial charge is 0.452 e. The van der Waals surface area contributed by atoms with Gasteiger partial charge in [-0.1, -0.05) is 29.8 Å². The summed E-state index contributed by atoms with van der Waals surface area (Å²) in [6.07, 6.45) is -4.61. The Bertz CT molecular complexity index is 924. The fraction of sp³-hybridized carbons (Fsp3) is 0.357. The third kappa shape index (κ3) is 3.28. The third-order valence-electron chi connectivity index (χ3n) is 3.12. The van der Waals surface area contributed by atoms with Gasteiger partial charge < -0.3 is 0 Å². The van der Waals surface area contributed by atoms with Gasteiger partial charge >= 0.3 is 6.18 Å². The highest BCUT2D eigenvalue weighted by Crippen LogP contribution is 2.36. The highest BCUT2D eigenvalue weighted by Gasteiger charge is 2.38. The number of halogens is 5. The molecule has 0 spiro atoms. The van der Waals surface area contributed by atoms with E-state index in [4.69, 9.17) is 0 Å². The Hall–Kier alpha value is -0.870. The van der Waals surface area contributed by atoms with E-state index in [0.717, 1.165) is 10.2 Å². The van der Waals surface area contributed by atoms with E-state index in [-0.39, 0.29) is 11.2 Å². The Kier molecular flexibility index (Phi) is 4.82. The summed E-state index contributed by atoms with van der Waals surface area (Å²) in [5, 5.41) is 7.55. The van der Waals surface area contributed by atoms with Gasteiger partial charge in [0.1, 0.15) is 10.5 Å². The molecule has 0 bridgehead atoms. The second-order valence-electron chi connectivity index (χ2n) is 5.56. The molecule has 0 saturated heterocycles. The molecule has 24 heavy (non-hydrogen) atoms. The minimum atomic E-state index is -4.61. The molecule has 0 unspecified atom stereocenters. The van der Waals surface area contributed by atoms with E-state index < -0.39 is 12.0 Å². The Morgan fingerprint density at radius 1 is 1.21 bits per heavy atom. The van der Waals surface area contributed by atoms with E-state index in [9.17, 15) is 13.2 Å². The van der Waals surface area contributed by atoms with Gasteiger partial charge in [0.2, 0.25) is 5.82 Å². The Balaban J connectivity index is 2.39. The van der Waals surface area contributed by atoms with Crippen molar-refractivity contribution < 1.29 is 13.2 Å². The van der Waals surface area contributed by atoms with Crippen molar-refractivity contribution in [1.82, 2.24) is 19.6 Å². The van der Waals surface area contributed by atoms with Gasteiger partial charge in [-0.25, -0.2) is 4.98 Å². The summed E-state index contributed by atoms with van der Waals surface area (Å²) in [5.41, 5.74) is 0.838. The first-order valence-electron chi connectivity index (χ1n) is 6.92. The first-order valence-corrected chi connectivity index (χ1v) is 9.49. The van der Waals surface area contributed by atoms with Crippen LogP contribution in [0.2, 0.25) is 0 Å². The van der Waals surface area contributed by atoms with Crippen LogP contribution in [0.1, 0.15) is 19.7 Å². The van der Waals surface area contributed by atoms with Crippen molar-refractivity contribution in [2.24, 2.45) is 5.92 Å². The van der Waals surface area contributed by atoms with E-state index in [2.05, 4.69) is 47.0 Å². The molecule has 3 aromatic rings. The molecule has 10 heteroatoms. The number of thioether (sulfide) groups is 1. The molecule has 0 atom stereocenters. The predicted octanol–water partition coefficient (Wildman–Crippen LogP) is 5.57. The fourth-order valence-electron chi connectivity index (χ4n) is 2.16. The lowest BCUT2D eigenvalue weighted by Gasteiger charge is -2.11. The number of aromatic nitrogens is 4. The van der Waals surface area contributed by atoms with Crippen LogP contribution in [0.4, 0.5) is 13.2 Å². The van der Waals surface area contributed by atoms with Gasteiger partial charge in [0.25, 0.3) is 0 Å². The van der Waals surface area contributed by atoms with Crippen LogP contribution in [0.15, 0.2) is 26.1 Å². The lowest BCUT2D eigenvalue weighted by Crippen LogP contribution is -2.12.